The fourth-order valence-electron chi connectivity index (χ4n) is 5.43. The molecular formula is C36H43F3O3. The van der Waals surface area contributed by atoms with Crippen LogP contribution in [0.2, 0.25) is 0 Å². The molecule has 0 spiro atoms. The van der Waals surface area contributed by atoms with Crippen LogP contribution in [-0.4, -0.2) is 25.9 Å². The van der Waals surface area contributed by atoms with Crippen molar-refractivity contribution < 1.29 is 27.4 Å². The van der Waals surface area contributed by atoms with Gasteiger partial charge in [0.05, 0.1) is 25.6 Å². The van der Waals surface area contributed by atoms with Gasteiger partial charge in [0.2, 0.25) is 5.82 Å². The molecule has 3 nitrogen and oxygen atoms in total. The van der Waals surface area contributed by atoms with Gasteiger partial charge in [-0.3, -0.25) is 0 Å². The van der Waals surface area contributed by atoms with Gasteiger partial charge in [0, 0.05) is 11.5 Å². The third-order valence-corrected chi connectivity index (χ3v) is 7.91. The lowest BCUT2D eigenvalue weighted by atomic mass is 9.89. The Morgan fingerprint density at radius 3 is 2.21 bits per heavy atom. The molecule has 0 saturated carbocycles. The molecule has 4 rings (SSSR count). The van der Waals surface area contributed by atoms with E-state index in [2.05, 4.69) is 6.92 Å². The first-order valence-corrected chi connectivity index (χ1v) is 15.4. The summed E-state index contributed by atoms with van der Waals surface area (Å²) in [6, 6.07) is 15.3. The monoisotopic (exact) mass is 580 g/mol. The summed E-state index contributed by atoms with van der Waals surface area (Å²) in [5.41, 5.74) is 2.86. The van der Waals surface area contributed by atoms with E-state index in [9.17, 15) is 8.78 Å². The molecule has 0 aliphatic carbocycles. The van der Waals surface area contributed by atoms with E-state index in [4.69, 9.17) is 14.2 Å². The van der Waals surface area contributed by atoms with Crippen molar-refractivity contribution in [2.75, 3.05) is 19.8 Å². The van der Waals surface area contributed by atoms with E-state index in [1.54, 1.807) is 36.6 Å². The number of ether oxygens (including phenoxy) is 3. The van der Waals surface area contributed by atoms with Crippen LogP contribution in [0.15, 0.2) is 66.9 Å². The zero-order valence-electron chi connectivity index (χ0n) is 24.8. The van der Waals surface area contributed by atoms with E-state index in [1.165, 1.54) is 37.8 Å². The summed E-state index contributed by atoms with van der Waals surface area (Å²) in [7, 11) is 0. The molecule has 1 saturated heterocycles. The SMILES string of the molecule is C/C=C/OCC1CCC(c2ccc(-c3ccc(-c4ccc(OCCCCCCCCC)c(F)c4F)cc3)cc2F)CO1. The molecule has 6 heteroatoms. The number of hydrogen-bond donors (Lipinski definition) is 0. The smallest absolute Gasteiger partial charge is 0.201 e. The minimum Gasteiger partial charge on any atom is -0.499 e. The summed E-state index contributed by atoms with van der Waals surface area (Å²) < 4.78 is 61.7. The normalized spacial score (nSPS) is 17.1. The Balaban J connectivity index is 1.33. The largest absolute Gasteiger partial charge is 0.499 e. The van der Waals surface area contributed by atoms with Crippen LogP contribution in [0.4, 0.5) is 13.2 Å². The van der Waals surface area contributed by atoms with Gasteiger partial charge in [-0.15, -0.1) is 0 Å². The summed E-state index contributed by atoms with van der Waals surface area (Å²) >= 11 is 0. The lowest BCUT2D eigenvalue weighted by molar-refractivity contribution is -0.0307. The highest BCUT2D eigenvalue weighted by molar-refractivity contribution is 5.71. The standard InChI is InChI=1S/C36H43F3O3/c1-3-5-6-7-8-9-10-22-41-34-20-19-32(35(38)36(34)39)27-13-11-26(12-14-27)28-16-18-31(33(37)23-28)29-15-17-30(42-24-29)25-40-21-4-2/h4,11-14,16,18-21,23,29-30H,3,5-10,15,17,22,24-25H2,1-2H3/b21-4+. The fourth-order valence-corrected chi connectivity index (χ4v) is 5.43. The van der Waals surface area contributed by atoms with E-state index in [-0.39, 0.29) is 29.2 Å². The van der Waals surface area contributed by atoms with E-state index < -0.39 is 11.6 Å². The minimum atomic E-state index is -0.972. The van der Waals surface area contributed by atoms with Crippen molar-refractivity contribution in [2.24, 2.45) is 0 Å². The van der Waals surface area contributed by atoms with Crippen LogP contribution >= 0.6 is 0 Å². The van der Waals surface area contributed by atoms with Crippen molar-refractivity contribution in [3.63, 3.8) is 0 Å². The lowest BCUT2D eigenvalue weighted by Crippen LogP contribution is -2.28. The first kappa shape index (κ1) is 31.7. The zero-order chi connectivity index (χ0) is 29.7. The topological polar surface area (TPSA) is 27.7 Å². The third kappa shape index (κ3) is 8.64. The Morgan fingerprint density at radius 1 is 0.810 bits per heavy atom. The van der Waals surface area contributed by atoms with Crippen LogP contribution in [0.5, 0.6) is 5.75 Å². The molecule has 1 heterocycles. The molecule has 0 amide bonds. The van der Waals surface area contributed by atoms with Crippen LogP contribution in [0.3, 0.4) is 0 Å². The van der Waals surface area contributed by atoms with Gasteiger partial charge in [0.25, 0.3) is 0 Å². The van der Waals surface area contributed by atoms with Gasteiger partial charge in [-0.2, -0.15) is 4.39 Å². The molecule has 1 fully saturated rings. The highest BCUT2D eigenvalue weighted by atomic mass is 19.2. The number of hydrogen-bond acceptors (Lipinski definition) is 3. The molecule has 2 unspecified atom stereocenters. The highest BCUT2D eigenvalue weighted by Gasteiger charge is 2.25. The lowest BCUT2D eigenvalue weighted by Gasteiger charge is -2.29. The molecular weight excluding hydrogens is 537 g/mol. The molecule has 0 aromatic heterocycles. The van der Waals surface area contributed by atoms with Crippen molar-refractivity contribution in [1.82, 2.24) is 0 Å². The van der Waals surface area contributed by atoms with E-state index in [0.29, 0.717) is 30.9 Å². The molecule has 2 atom stereocenters. The summed E-state index contributed by atoms with van der Waals surface area (Å²) in [6.45, 7) is 5.42. The second-order valence-corrected chi connectivity index (χ2v) is 11.1. The van der Waals surface area contributed by atoms with Gasteiger partial charge in [-0.1, -0.05) is 87.9 Å². The summed E-state index contributed by atoms with van der Waals surface area (Å²) in [5, 5.41) is 0. The second-order valence-electron chi connectivity index (χ2n) is 11.1. The molecule has 3 aromatic rings. The third-order valence-electron chi connectivity index (χ3n) is 7.91. The number of allylic oxidation sites excluding steroid dienone is 1. The van der Waals surface area contributed by atoms with Crippen molar-refractivity contribution >= 4 is 0 Å². The van der Waals surface area contributed by atoms with Gasteiger partial charge in [0.1, 0.15) is 12.4 Å². The van der Waals surface area contributed by atoms with Crippen molar-refractivity contribution in [3.05, 3.63) is 90.0 Å². The Morgan fingerprint density at radius 2 is 1.52 bits per heavy atom. The number of unbranched alkanes of at least 4 members (excludes halogenated alkanes) is 6. The maximum Gasteiger partial charge on any atom is 0.201 e. The van der Waals surface area contributed by atoms with Crippen LogP contribution < -0.4 is 4.74 Å². The zero-order valence-corrected chi connectivity index (χ0v) is 24.8. The van der Waals surface area contributed by atoms with Gasteiger partial charge < -0.3 is 14.2 Å². The first-order valence-electron chi connectivity index (χ1n) is 15.4. The maximum atomic E-state index is 15.1. The van der Waals surface area contributed by atoms with Gasteiger partial charge in [-0.05, 0) is 66.6 Å². The molecule has 42 heavy (non-hydrogen) atoms. The van der Waals surface area contributed by atoms with Crippen molar-refractivity contribution in [1.29, 1.82) is 0 Å². The molecule has 0 N–H and O–H groups in total. The van der Waals surface area contributed by atoms with Gasteiger partial charge >= 0.3 is 0 Å². The van der Waals surface area contributed by atoms with Crippen LogP contribution in [0, 0.1) is 17.5 Å². The summed E-state index contributed by atoms with van der Waals surface area (Å²) in [6.07, 6.45) is 13.1. The van der Waals surface area contributed by atoms with Crippen molar-refractivity contribution in [3.8, 4) is 28.0 Å². The van der Waals surface area contributed by atoms with E-state index in [0.717, 1.165) is 43.2 Å². The number of benzene rings is 3. The summed E-state index contributed by atoms with van der Waals surface area (Å²) in [5.74, 6) is -2.23. The molecule has 226 valence electrons. The Kier molecular flexibility index (Phi) is 12.4. The maximum absolute atomic E-state index is 15.1. The van der Waals surface area contributed by atoms with Crippen LogP contribution in [0.25, 0.3) is 22.3 Å². The average Bonchev–Trinajstić information content (AvgIpc) is 3.01. The molecule has 0 radical (unpaired) electrons. The van der Waals surface area contributed by atoms with Crippen LogP contribution in [0.1, 0.15) is 83.1 Å². The number of halogens is 3. The van der Waals surface area contributed by atoms with E-state index >= 15 is 4.39 Å². The van der Waals surface area contributed by atoms with Crippen molar-refractivity contribution in [2.45, 2.75) is 83.7 Å². The first-order chi connectivity index (χ1) is 20.5. The average molecular weight is 581 g/mol. The van der Waals surface area contributed by atoms with Gasteiger partial charge in [0.15, 0.2) is 11.6 Å². The molecule has 0 bridgehead atoms. The Labute approximate surface area is 248 Å². The fraction of sp³-hybridized carbons (Fsp3) is 0.444. The van der Waals surface area contributed by atoms with Crippen LogP contribution in [-0.2, 0) is 9.47 Å². The molecule has 1 aliphatic heterocycles. The Bertz CT molecular complexity index is 1280. The van der Waals surface area contributed by atoms with E-state index in [1.807, 2.05) is 25.1 Å². The minimum absolute atomic E-state index is 0.000217. The Hall–Kier alpha value is -3.25. The second kappa shape index (κ2) is 16.4. The summed E-state index contributed by atoms with van der Waals surface area (Å²) in [4.78, 5) is 0. The predicted molar refractivity (Wildman–Crippen MR) is 163 cm³/mol. The molecule has 1 aliphatic rings. The number of rotatable bonds is 15. The molecule has 3 aromatic carbocycles. The highest BCUT2D eigenvalue weighted by Crippen LogP contribution is 2.34. The van der Waals surface area contributed by atoms with Gasteiger partial charge in [-0.25, -0.2) is 8.78 Å². The quantitative estimate of drug-likeness (QED) is 0.132. The predicted octanol–water partition coefficient (Wildman–Crippen LogP) is 10.4.